The highest BCUT2D eigenvalue weighted by Gasteiger charge is 2.24. The van der Waals surface area contributed by atoms with E-state index in [1.807, 2.05) is 6.07 Å². The van der Waals surface area contributed by atoms with Crippen molar-refractivity contribution in [3.8, 4) is 11.5 Å². The summed E-state index contributed by atoms with van der Waals surface area (Å²) in [7, 11) is 0. The first kappa shape index (κ1) is 14.4. The van der Waals surface area contributed by atoms with E-state index in [1.165, 1.54) is 0 Å². The number of hydrogen-bond donors (Lipinski definition) is 0. The van der Waals surface area contributed by atoms with Gasteiger partial charge in [-0.15, -0.1) is 0 Å². The molecule has 1 aromatic rings. The summed E-state index contributed by atoms with van der Waals surface area (Å²) < 4.78 is 16.9. The van der Waals surface area contributed by atoms with E-state index < -0.39 is 0 Å². The monoisotopic (exact) mass is 291 g/mol. The van der Waals surface area contributed by atoms with E-state index in [0.717, 1.165) is 19.7 Å². The normalized spacial score (nSPS) is 22.2. The van der Waals surface area contributed by atoms with Crippen molar-refractivity contribution in [1.29, 1.82) is 0 Å². The van der Waals surface area contributed by atoms with Gasteiger partial charge in [0.2, 0.25) is 5.78 Å². The van der Waals surface area contributed by atoms with Crippen LogP contribution in [0.1, 0.15) is 24.2 Å². The van der Waals surface area contributed by atoms with Gasteiger partial charge in [0.15, 0.2) is 6.61 Å². The lowest BCUT2D eigenvalue weighted by Gasteiger charge is -2.35. The Morgan fingerprint density at radius 3 is 3.10 bits per heavy atom. The number of rotatable bonds is 4. The molecule has 2 heterocycles. The number of carbonyl (C=O) groups excluding carboxylic acids is 1. The Morgan fingerprint density at radius 1 is 1.43 bits per heavy atom. The highest BCUT2D eigenvalue weighted by atomic mass is 16.5. The summed E-state index contributed by atoms with van der Waals surface area (Å²) in [6.07, 6.45) is 0.0805. The van der Waals surface area contributed by atoms with Crippen LogP contribution in [-0.2, 0) is 4.74 Å². The largest absolute Gasteiger partial charge is 0.491 e. The van der Waals surface area contributed by atoms with Crippen LogP contribution in [-0.4, -0.2) is 55.7 Å². The van der Waals surface area contributed by atoms with Crippen molar-refractivity contribution < 1.29 is 19.0 Å². The number of morpholine rings is 1. The third-order valence-corrected chi connectivity index (χ3v) is 3.95. The zero-order valence-electron chi connectivity index (χ0n) is 12.5. The van der Waals surface area contributed by atoms with Crippen LogP contribution in [0.5, 0.6) is 11.5 Å². The molecule has 0 aromatic heterocycles. The van der Waals surface area contributed by atoms with Crippen LogP contribution in [0.3, 0.4) is 0 Å². The quantitative estimate of drug-likeness (QED) is 0.846. The van der Waals surface area contributed by atoms with Crippen molar-refractivity contribution in [2.24, 2.45) is 0 Å². The average Bonchev–Trinajstić information content (AvgIpc) is 2.86. The zero-order chi connectivity index (χ0) is 14.8. The van der Waals surface area contributed by atoms with Crippen molar-refractivity contribution in [2.45, 2.75) is 26.0 Å². The van der Waals surface area contributed by atoms with Gasteiger partial charge < -0.3 is 14.2 Å². The fraction of sp³-hybridized carbons (Fsp3) is 0.562. The number of ether oxygens (including phenoxy) is 3. The number of carbonyl (C=O) groups is 1. The van der Waals surface area contributed by atoms with Gasteiger partial charge >= 0.3 is 0 Å². The van der Waals surface area contributed by atoms with E-state index in [1.54, 1.807) is 12.1 Å². The summed E-state index contributed by atoms with van der Waals surface area (Å²) in [5.41, 5.74) is 0.641. The van der Waals surface area contributed by atoms with Gasteiger partial charge in [0.25, 0.3) is 0 Å². The molecule has 0 amide bonds. The van der Waals surface area contributed by atoms with Gasteiger partial charge in [-0.2, -0.15) is 0 Å². The first-order chi connectivity index (χ1) is 10.1. The molecule has 5 heteroatoms. The number of fused-ring (bicyclic) bond motifs is 1. The molecule has 0 spiro atoms. The fourth-order valence-corrected chi connectivity index (χ4v) is 2.66. The molecule has 1 fully saturated rings. The molecule has 3 rings (SSSR count). The highest BCUT2D eigenvalue weighted by molar-refractivity contribution is 6.02. The molecule has 0 bridgehead atoms. The molecule has 1 unspecified atom stereocenters. The molecule has 0 aliphatic carbocycles. The summed E-state index contributed by atoms with van der Waals surface area (Å²) >= 11 is 0. The maximum absolute atomic E-state index is 11.5. The molecule has 1 aromatic carbocycles. The Hall–Kier alpha value is -1.59. The van der Waals surface area contributed by atoms with Crippen molar-refractivity contribution in [1.82, 2.24) is 4.90 Å². The van der Waals surface area contributed by atoms with Crippen LogP contribution in [0, 0.1) is 0 Å². The number of hydrogen-bond acceptors (Lipinski definition) is 5. The van der Waals surface area contributed by atoms with Gasteiger partial charge in [0.05, 0.1) is 12.2 Å². The van der Waals surface area contributed by atoms with Crippen LogP contribution in [0.25, 0.3) is 0 Å². The average molecular weight is 291 g/mol. The van der Waals surface area contributed by atoms with Crippen molar-refractivity contribution in [2.75, 3.05) is 32.9 Å². The molecule has 0 N–H and O–H groups in total. The Morgan fingerprint density at radius 2 is 2.29 bits per heavy atom. The van der Waals surface area contributed by atoms with Gasteiger partial charge in [-0.3, -0.25) is 9.69 Å². The molecular weight excluding hydrogens is 270 g/mol. The minimum atomic E-state index is 0.0275. The Kier molecular flexibility index (Phi) is 4.12. The van der Waals surface area contributed by atoms with E-state index in [4.69, 9.17) is 14.2 Å². The van der Waals surface area contributed by atoms with E-state index in [9.17, 15) is 4.79 Å². The first-order valence-electron chi connectivity index (χ1n) is 7.42. The lowest BCUT2D eigenvalue weighted by molar-refractivity contribution is -0.0564. The number of benzene rings is 1. The molecule has 1 saturated heterocycles. The van der Waals surface area contributed by atoms with E-state index in [2.05, 4.69) is 18.7 Å². The molecule has 5 nitrogen and oxygen atoms in total. The van der Waals surface area contributed by atoms with Gasteiger partial charge in [-0.05, 0) is 26.0 Å². The summed E-state index contributed by atoms with van der Waals surface area (Å²) in [4.78, 5) is 13.9. The van der Waals surface area contributed by atoms with E-state index in [0.29, 0.717) is 29.7 Å². The predicted molar refractivity (Wildman–Crippen MR) is 78.2 cm³/mol. The lowest BCUT2D eigenvalue weighted by atomic mass is 10.1. The van der Waals surface area contributed by atoms with Crippen LogP contribution < -0.4 is 9.47 Å². The maximum Gasteiger partial charge on any atom is 0.203 e. The highest BCUT2D eigenvalue weighted by Crippen LogP contribution is 2.29. The molecule has 114 valence electrons. The van der Waals surface area contributed by atoms with Crippen LogP contribution >= 0.6 is 0 Å². The minimum Gasteiger partial charge on any atom is -0.491 e. The molecule has 2 aliphatic heterocycles. The fourth-order valence-electron chi connectivity index (χ4n) is 2.66. The zero-order valence-corrected chi connectivity index (χ0v) is 12.5. The topological polar surface area (TPSA) is 48.0 Å². The predicted octanol–water partition coefficient (Wildman–Crippen LogP) is 1.75. The second kappa shape index (κ2) is 6.03. The molecule has 1 atom stereocenters. The number of ketones is 1. The summed E-state index contributed by atoms with van der Waals surface area (Å²) in [5.74, 6) is 1.36. The third kappa shape index (κ3) is 3.19. The summed E-state index contributed by atoms with van der Waals surface area (Å²) in [6.45, 7) is 7.63. The SMILES string of the molecule is CC(C)N1CCOC(COc2ccc3c(c2)OCC3=O)C1. The standard InChI is InChI=1S/C16H21NO4/c1-11(2)17-5-6-19-13(8-17)9-20-12-3-4-14-15(18)10-21-16(14)7-12/h3-4,7,11,13H,5-6,8-10H2,1-2H3. The van der Waals surface area contributed by atoms with E-state index in [-0.39, 0.29) is 18.5 Å². The van der Waals surface area contributed by atoms with Crippen LogP contribution in [0.2, 0.25) is 0 Å². The summed E-state index contributed by atoms with van der Waals surface area (Å²) in [5, 5.41) is 0. The van der Waals surface area contributed by atoms with Gasteiger partial charge in [0, 0.05) is 25.2 Å². The molecule has 21 heavy (non-hydrogen) atoms. The lowest BCUT2D eigenvalue weighted by Crippen LogP contribution is -2.47. The third-order valence-electron chi connectivity index (χ3n) is 3.95. The Bertz CT molecular complexity index is 529. The Labute approximate surface area is 124 Å². The number of Topliss-reactive ketones (excluding diaryl/α,β-unsaturated/α-hetero) is 1. The molecular formula is C16H21NO4. The van der Waals surface area contributed by atoms with E-state index >= 15 is 0 Å². The first-order valence-corrected chi connectivity index (χ1v) is 7.42. The van der Waals surface area contributed by atoms with Crippen molar-refractivity contribution in [3.63, 3.8) is 0 Å². The van der Waals surface area contributed by atoms with Crippen molar-refractivity contribution in [3.05, 3.63) is 23.8 Å². The summed E-state index contributed by atoms with van der Waals surface area (Å²) in [6, 6.07) is 5.88. The molecule has 2 aliphatic rings. The second-order valence-electron chi connectivity index (χ2n) is 5.76. The van der Waals surface area contributed by atoms with Crippen LogP contribution in [0.4, 0.5) is 0 Å². The maximum atomic E-state index is 11.5. The Balaban J connectivity index is 1.57. The second-order valence-corrected chi connectivity index (χ2v) is 5.76. The van der Waals surface area contributed by atoms with Gasteiger partial charge in [-0.25, -0.2) is 0 Å². The molecule has 0 radical (unpaired) electrons. The number of nitrogens with zero attached hydrogens (tertiary/aromatic N) is 1. The smallest absolute Gasteiger partial charge is 0.203 e. The van der Waals surface area contributed by atoms with Crippen molar-refractivity contribution >= 4 is 5.78 Å². The molecule has 0 saturated carbocycles. The van der Waals surface area contributed by atoms with Crippen LogP contribution in [0.15, 0.2) is 18.2 Å². The minimum absolute atomic E-state index is 0.0275. The van der Waals surface area contributed by atoms with Gasteiger partial charge in [0.1, 0.15) is 24.2 Å². The van der Waals surface area contributed by atoms with Gasteiger partial charge in [-0.1, -0.05) is 0 Å².